The third-order valence-electron chi connectivity index (χ3n) is 3.53. The molecule has 0 aliphatic heterocycles. The fourth-order valence-electron chi connectivity index (χ4n) is 2.18. The summed E-state index contributed by atoms with van der Waals surface area (Å²) in [7, 11) is 0. The van der Waals surface area contributed by atoms with Crippen LogP contribution in [0.2, 0.25) is 0 Å². The quantitative estimate of drug-likeness (QED) is 0.216. The van der Waals surface area contributed by atoms with Crippen molar-refractivity contribution in [2.24, 2.45) is 0 Å². The summed E-state index contributed by atoms with van der Waals surface area (Å²) in [6.07, 6.45) is 20.0. The van der Waals surface area contributed by atoms with Crippen molar-refractivity contribution in [2.45, 2.75) is 90.9 Å². The second-order valence-corrected chi connectivity index (χ2v) is 5.88. The van der Waals surface area contributed by atoms with Gasteiger partial charge in [-0.3, -0.25) is 0 Å². The van der Waals surface area contributed by atoms with Crippen molar-refractivity contribution < 1.29 is 71.2 Å². The van der Waals surface area contributed by atoms with Crippen LogP contribution in [-0.4, -0.2) is 17.0 Å². The summed E-state index contributed by atoms with van der Waals surface area (Å²) in [6, 6.07) is 0. The molecule has 0 aromatic carbocycles. The first kappa shape index (κ1) is 29.8. The smallest absolute Gasteiger partial charge is 0.550 e. The second kappa shape index (κ2) is 26.3. The fourth-order valence-corrected chi connectivity index (χ4v) is 2.18. The van der Waals surface area contributed by atoms with Gasteiger partial charge in [0.2, 0.25) is 0 Å². The number of allylic oxidation sites excluding steroid dienone is 3. The van der Waals surface area contributed by atoms with E-state index in [1.165, 1.54) is 63.9 Å². The number of carboxylic acid groups (broad SMARTS) is 2. The Morgan fingerprint density at radius 1 is 0.840 bits per heavy atom. The molecule has 5 heteroatoms. The molecule has 0 rings (SSSR count). The second-order valence-electron chi connectivity index (χ2n) is 5.88. The molecule has 0 amide bonds. The molecule has 0 fully saturated rings. The average Bonchev–Trinajstić information content (AvgIpc) is 2.53. The summed E-state index contributed by atoms with van der Waals surface area (Å²) < 4.78 is 0. The van der Waals surface area contributed by atoms with E-state index < -0.39 is 11.9 Å². The zero-order valence-electron chi connectivity index (χ0n) is 16.5. The molecule has 0 aromatic heterocycles. The predicted octanol–water partition coefficient (Wildman–Crippen LogP) is 1.64. The summed E-state index contributed by atoms with van der Waals surface area (Å²) >= 11 is 0. The fraction of sp³-hybridized carbons (Fsp3) is 0.700. The van der Waals surface area contributed by atoms with Crippen molar-refractivity contribution in [3.05, 3.63) is 24.3 Å². The van der Waals surface area contributed by atoms with Crippen LogP contribution in [0.3, 0.4) is 0 Å². The minimum Gasteiger partial charge on any atom is -0.550 e. The van der Waals surface area contributed by atoms with E-state index in [2.05, 4.69) is 6.92 Å². The average molecular weight is 379 g/mol. The van der Waals surface area contributed by atoms with Crippen LogP contribution in [-0.2, 0) is 9.59 Å². The summed E-state index contributed by atoms with van der Waals surface area (Å²) in [5, 5.41) is 18.2. The van der Waals surface area contributed by atoms with Crippen molar-refractivity contribution in [3.63, 3.8) is 0 Å². The molecule has 0 aliphatic rings. The SMILES string of the molecule is C/C=C/C=C/C(=O)O.CCCCCCCCCCCCCC(=O)[O-].[K+]. The van der Waals surface area contributed by atoms with Gasteiger partial charge >= 0.3 is 57.4 Å². The number of carbonyl (C=O) groups excluding carboxylic acids is 1. The van der Waals surface area contributed by atoms with E-state index in [4.69, 9.17) is 5.11 Å². The minimum atomic E-state index is -0.914. The molecule has 0 radical (unpaired) electrons. The Hall–Kier alpha value is 0.0564. The topological polar surface area (TPSA) is 77.4 Å². The van der Waals surface area contributed by atoms with Gasteiger partial charge in [-0.15, -0.1) is 0 Å². The molecule has 25 heavy (non-hydrogen) atoms. The van der Waals surface area contributed by atoms with Gasteiger partial charge in [0.25, 0.3) is 0 Å². The van der Waals surface area contributed by atoms with Gasteiger partial charge in [-0.25, -0.2) is 4.79 Å². The van der Waals surface area contributed by atoms with E-state index in [9.17, 15) is 14.7 Å². The van der Waals surface area contributed by atoms with Gasteiger partial charge in [0, 0.05) is 12.0 Å². The molecule has 0 atom stereocenters. The molecule has 0 saturated carbocycles. The van der Waals surface area contributed by atoms with Gasteiger partial charge in [0.1, 0.15) is 0 Å². The third kappa shape index (κ3) is 35.9. The van der Waals surface area contributed by atoms with Gasteiger partial charge in [-0.05, 0) is 19.8 Å². The van der Waals surface area contributed by atoms with Crippen LogP contribution in [0.1, 0.15) is 90.9 Å². The number of unbranched alkanes of at least 4 members (excludes halogenated alkanes) is 10. The molecule has 140 valence electrons. The maximum absolute atomic E-state index is 10.1. The van der Waals surface area contributed by atoms with Crippen molar-refractivity contribution in [2.75, 3.05) is 0 Å². The molecule has 0 unspecified atom stereocenters. The van der Waals surface area contributed by atoms with E-state index in [1.54, 1.807) is 12.2 Å². The Bertz CT molecular complexity index is 352. The Labute approximate surface area is 196 Å². The summed E-state index contributed by atoms with van der Waals surface area (Å²) in [5.74, 6) is -1.82. The summed E-state index contributed by atoms with van der Waals surface area (Å²) in [5.41, 5.74) is 0. The number of hydrogen-bond donors (Lipinski definition) is 1. The number of carbonyl (C=O) groups is 2. The molecular weight excluding hydrogens is 343 g/mol. The summed E-state index contributed by atoms with van der Waals surface area (Å²) in [6.45, 7) is 4.07. The monoisotopic (exact) mass is 378 g/mol. The van der Waals surface area contributed by atoms with Crippen LogP contribution in [0.15, 0.2) is 24.3 Å². The number of rotatable bonds is 14. The van der Waals surface area contributed by atoms with E-state index in [1.807, 2.05) is 6.92 Å². The largest absolute Gasteiger partial charge is 1.00 e. The van der Waals surface area contributed by atoms with Crippen molar-refractivity contribution in [1.82, 2.24) is 0 Å². The first-order valence-corrected chi connectivity index (χ1v) is 9.26. The molecule has 0 spiro atoms. The van der Waals surface area contributed by atoms with Crippen LogP contribution in [0.5, 0.6) is 0 Å². The van der Waals surface area contributed by atoms with E-state index in [0.29, 0.717) is 0 Å². The Kier molecular flexibility index (Phi) is 31.3. The Balaban J connectivity index is -0.000000457. The van der Waals surface area contributed by atoms with Crippen LogP contribution in [0.25, 0.3) is 0 Å². The van der Waals surface area contributed by atoms with E-state index in [0.717, 1.165) is 18.9 Å². The van der Waals surface area contributed by atoms with Crippen LogP contribution < -0.4 is 56.5 Å². The molecule has 0 saturated heterocycles. The van der Waals surface area contributed by atoms with Crippen LogP contribution in [0, 0.1) is 0 Å². The molecule has 0 heterocycles. The standard InChI is InChI=1S/C14H28O2.C6H8O2.K/c1-2-3-4-5-6-7-8-9-10-11-12-13-14(15)16;1-2-3-4-5-6(7)8;/h2-13H2,1H3,(H,15,16);2-5H,1H3,(H,7,8);/q;;+1/p-1/b;3-2+,5-4+;. The van der Waals surface area contributed by atoms with E-state index in [-0.39, 0.29) is 57.8 Å². The zero-order valence-corrected chi connectivity index (χ0v) is 19.6. The Morgan fingerprint density at radius 3 is 1.64 bits per heavy atom. The van der Waals surface area contributed by atoms with Gasteiger partial charge in [-0.2, -0.15) is 0 Å². The summed E-state index contributed by atoms with van der Waals surface area (Å²) in [4.78, 5) is 19.9. The maximum Gasteiger partial charge on any atom is 1.00 e. The van der Waals surface area contributed by atoms with Gasteiger partial charge in [0.05, 0.1) is 0 Å². The maximum atomic E-state index is 10.1. The molecule has 0 bridgehead atoms. The minimum absolute atomic E-state index is 0. The van der Waals surface area contributed by atoms with Crippen molar-refractivity contribution in [1.29, 1.82) is 0 Å². The Morgan fingerprint density at radius 2 is 1.28 bits per heavy atom. The zero-order chi connectivity index (χ0) is 18.5. The van der Waals surface area contributed by atoms with Crippen LogP contribution in [0.4, 0.5) is 0 Å². The van der Waals surface area contributed by atoms with Gasteiger partial charge in [-0.1, -0.05) is 89.4 Å². The molecular formula is C20H35KO4. The van der Waals surface area contributed by atoms with Crippen molar-refractivity contribution in [3.8, 4) is 0 Å². The van der Waals surface area contributed by atoms with E-state index >= 15 is 0 Å². The first-order chi connectivity index (χ1) is 11.5. The van der Waals surface area contributed by atoms with Gasteiger partial charge in [0.15, 0.2) is 0 Å². The van der Waals surface area contributed by atoms with Crippen molar-refractivity contribution >= 4 is 11.9 Å². The molecule has 0 aliphatic carbocycles. The molecule has 4 nitrogen and oxygen atoms in total. The number of carboxylic acids is 2. The predicted molar refractivity (Wildman–Crippen MR) is 97.7 cm³/mol. The van der Waals surface area contributed by atoms with Crippen LogP contribution >= 0.6 is 0 Å². The molecule has 1 N–H and O–H groups in total. The molecule has 0 aromatic rings. The first-order valence-electron chi connectivity index (χ1n) is 9.26. The normalized spacial score (nSPS) is 10.3. The number of aliphatic carboxylic acids is 2. The third-order valence-corrected chi connectivity index (χ3v) is 3.53. The van der Waals surface area contributed by atoms with Gasteiger partial charge < -0.3 is 15.0 Å². The number of hydrogen-bond acceptors (Lipinski definition) is 3.